The van der Waals surface area contributed by atoms with Crippen LogP contribution in [-0.4, -0.2) is 12.7 Å². The van der Waals surface area contributed by atoms with Crippen LogP contribution in [0.1, 0.15) is 6.92 Å². The van der Waals surface area contributed by atoms with Crippen LogP contribution >= 0.6 is 11.6 Å². The highest BCUT2D eigenvalue weighted by atomic mass is 35.5. The van der Waals surface area contributed by atoms with Crippen LogP contribution in [0.4, 0.5) is 0 Å². The van der Waals surface area contributed by atoms with E-state index in [0.717, 1.165) is 11.5 Å². The predicted molar refractivity (Wildman–Crippen MR) is 47.0 cm³/mol. The number of benzene rings is 1. The predicted octanol–water partition coefficient (Wildman–Crippen LogP) is 2.50. The second-order valence-corrected chi connectivity index (χ2v) is 3.27. The first-order chi connectivity index (χ1) is 5.75. The van der Waals surface area contributed by atoms with E-state index >= 15 is 0 Å². The average Bonchev–Trinajstić information content (AvgIpc) is 2.03. The molecule has 0 bridgehead atoms. The molecule has 1 atom stereocenters. The molecule has 0 saturated carbocycles. The van der Waals surface area contributed by atoms with Gasteiger partial charge in [0.05, 0.1) is 0 Å². The van der Waals surface area contributed by atoms with Crippen LogP contribution in [0.5, 0.6) is 11.5 Å². The van der Waals surface area contributed by atoms with Gasteiger partial charge in [-0.3, -0.25) is 0 Å². The number of hydrogen-bond acceptors (Lipinski definition) is 2. The van der Waals surface area contributed by atoms with E-state index in [9.17, 15) is 0 Å². The van der Waals surface area contributed by atoms with E-state index in [1.54, 1.807) is 12.1 Å². The van der Waals surface area contributed by atoms with Crippen molar-refractivity contribution in [3.05, 3.63) is 23.2 Å². The summed E-state index contributed by atoms with van der Waals surface area (Å²) in [7, 11) is 0. The molecule has 2 nitrogen and oxygen atoms in total. The Morgan fingerprint density at radius 2 is 2.25 bits per heavy atom. The molecule has 1 heterocycles. The zero-order chi connectivity index (χ0) is 8.55. The van der Waals surface area contributed by atoms with Crippen molar-refractivity contribution < 1.29 is 9.47 Å². The molecule has 0 saturated heterocycles. The molecule has 0 radical (unpaired) electrons. The van der Waals surface area contributed by atoms with E-state index in [0.29, 0.717) is 11.6 Å². The van der Waals surface area contributed by atoms with Crippen LogP contribution in [-0.2, 0) is 0 Å². The van der Waals surface area contributed by atoms with Gasteiger partial charge in [-0.15, -0.1) is 0 Å². The molecule has 0 N–H and O–H groups in total. The molecule has 0 aromatic heterocycles. The Bertz CT molecular complexity index is 299. The molecule has 1 aromatic rings. The summed E-state index contributed by atoms with van der Waals surface area (Å²) in [6.07, 6.45) is 0.107. The summed E-state index contributed by atoms with van der Waals surface area (Å²) in [6.45, 7) is 2.57. The largest absolute Gasteiger partial charge is 0.486 e. The van der Waals surface area contributed by atoms with Crippen molar-refractivity contribution >= 4 is 11.6 Å². The van der Waals surface area contributed by atoms with Gasteiger partial charge < -0.3 is 9.47 Å². The van der Waals surface area contributed by atoms with E-state index in [1.807, 2.05) is 13.0 Å². The normalized spacial score (nSPS) is 20.7. The summed E-state index contributed by atoms with van der Waals surface area (Å²) in [5, 5.41) is 0.673. The highest BCUT2D eigenvalue weighted by molar-refractivity contribution is 6.30. The van der Waals surface area contributed by atoms with Crippen molar-refractivity contribution in [1.82, 2.24) is 0 Å². The quantitative estimate of drug-likeness (QED) is 0.617. The van der Waals surface area contributed by atoms with Gasteiger partial charge in [0.1, 0.15) is 12.7 Å². The van der Waals surface area contributed by atoms with Gasteiger partial charge in [-0.2, -0.15) is 0 Å². The fourth-order valence-electron chi connectivity index (χ4n) is 1.15. The molecule has 0 spiro atoms. The molecule has 1 aliphatic rings. The third-order valence-electron chi connectivity index (χ3n) is 1.71. The van der Waals surface area contributed by atoms with E-state index in [1.165, 1.54) is 0 Å². The second-order valence-electron chi connectivity index (χ2n) is 2.83. The van der Waals surface area contributed by atoms with Crippen LogP contribution in [0.25, 0.3) is 0 Å². The van der Waals surface area contributed by atoms with Gasteiger partial charge in [-0.05, 0) is 19.1 Å². The molecule has 1 aromatic carbocycles. The molecule has 0 fully saturated rings. The number of hydrogen-bond donors (Lipinski definition) is 0. The maximum absolute atomic E-state index is 5.79. The Morgan fingerprint density at radius 3 is 3.08 bits per heavy atom. The minimum Gasteiger partial charge on any atom is -0.486 e. The van der Waals surface area contributed by atoms with Crippen LogP contribution in [0, 0.1) is 0 Å². The van der Waals surface area contributed by atoms with Crippen molar-refractivity contribution in [1.29, 1.82) is 0 Å². The summed E-state index contributed by atoms with van der Waals surface area (Å²) < 4.78 is 10.9. The first kappa shape index (κ1) is 7.74. The highest BCUT2D eigenvalue weighted by Gasteiger charge is 2.16. The number of fused-ring (bicyclic) bond motifs is 1. The Kier molecular flexibility index (Phi) is 1.85. The summed E-state index contributed by atoms with van der Waals surface area (Å²) in [6, 6.07) is 5.38. The summed E-state index contributed by atoms with van der Waals surface area (Å²) in [4.78, 5) is 0. The van der Waals surface area contributed by atoms with Gasteiger partial charge in [-0.1, -0.05) is 11.6 Å². The molecule has 64 valence electrons. The third kappa shape index (κ3) is 1.34. The van der Waals surface area contributed by atoms with Crippen molar-refractivity contribution in [2.75, 3.05) is 6.61 Å². The standard InChI is InChI=1S/C9H9ClO2/c1-6-5-11-8-3-2-7(10)4-9(8)12-6/h2-4,6H,5H2,1H3. The van der Waals surface area contributed by atoms with Crippen molar-refractivity contribution in [2.45, 2.75) is 13.0 Å². The fraction of sp³-hybridized carbons (Fsp3) is 0.333. The zero-order valence-electron chi connectivity index (χ0n) is 6.71. The zero-order valence-corrected chi connectivity index (χ0v) is 7.47. The fourth-order valence-corrected chi connectivity index (χ4v) is 1.31. The van der Waals surface area contributed by atoms with Gasteiger partial charge in [0.15, 0.2) is 11.5 Å². The summed E-state index contributed by atoms with van der Waals surface area (Å²) in [5.41, 5.74) is 0. The molecule has 0 aliphatic carbocycles. The minimum atomic E-state index is 0.107. The van der Waals surface area contributed by atoms with E-state index in [2.05, 4.69) is 0 Å². The number of halogens is 1. The minimum absolute atomic E-state index is 0.107. The van der Waals surface area contributed by atoms with Crippen molar-refractivity contribution in [3.8, 4) is 11.5 Å². The number of rotatable bonds is 0. The third-order valence-corrected chi connectivity index (χ3v) is 1.94. The summed E-state index contributed by atoms with van der Waals surface area (Å²) >= 11 is 5.79. The van der Waals surface area contributed by atoms with Crippen LogP contribution in [0.2, 0.25) is 5.02 Å². The Balaban J connectivity index is 2.37. The van der Waals surface area contributed by atoms with Crippen molar-refractivity contribution in [2.24, 2.45) is 0 Å². The van der Waals surface area contributed by atoms with Gasteiger partial charge in [0.2, 0.25) is 0 Å². The molecule has 3 heteroatoms. The molecule has 2 rings (SSSR count). The van der Waals surface area contributed by atoms with Gasteiger partial charge in [-0.25, -0.2) is 0 Å². The van der Waals surface area contributed by atoms with Crippen LogP contribution < -0.4 is 9.47 Å². The maximum atomic E-state index is 5.79. The Labute approximate surface area is 76.1 Å². The van der Waals surface area contributed by atoms with Crippen LogP contribution in [0.15, 0.2) is 18.2 Å². The van der Waals surface area contributed by atoms with Gasteiger partial charge >= 0.3 is 0 Å². The maximum Gasteiger partial charge on any atom is 0.163 e. The number of ether oxygens (including phenoxy) is 2. The molecule has 12 heavy (non-hydrogen) atoms. The van der Waals surface area contributed by atoms with Gasteiger partial charge in [0, 0.05) is 11.1 Å². The molecule has 0 amide bonds. The molecular weight excluding hydrogens is 176 g/mol. The molecule has 1 unspecified atom stereocenters. The van der Waals surface area contributed by atoms with Crippen molar-refractivity contribution in [3.63, 3.8) is 0 Å². The summed E-state index contributed by atoms with van der Waals surface area (Å²) in [5.74, 6) is 1.51. The van der Waals surface area contributed by atoms with Crippen LogP contribution in [0.3, 0.4) is 0 Å². The smallest absolute Gasteiger partial charge is 0.163 e. The van der Waals surface area contributed by atoms with Gasteiger partial charge in [0.25, 0.3) is 0 Å². The van der Waals surface area contributed by atoms with E-state index < -0.39 is 0 Å². The lowest BCUT2D eigenvalue weighted by molar-refractivity contribution is 0.104. The van der Waals surface area contributed by atoms with E-state index in [4.69, 9.17) is 21.1 Å². The Hall–Kier alpha value is -0.890. The highest BCUT2D eigenvalue weighted by Crippen LogP contribution is 2.33. The molecule has 1 aliphatic heterocycles. The topological polar surface area (TPSA) is 18.5 Å². The lowest BCUT2D eigenvalue weighted by Gasteiger charge is -2.23. The first-order valence-electron chi connectivity index (χ1n) is 3.85. The lowest BCUT2D eigenvalue weighted by Crippen LogP contribution is -2.25. The monoisotopic (exact) mass is 184 g/mol. The SMILES string of the molecule is CC1COc2ccc(Cl)cc2O1. The average molecular weight is 185 g/mol. The second kappa shape index (κ2) is 2.87. The molecular formula is C9H9ClO2. The lowest BCUT2D eigenvalue weighted by atomic mass is 10.3. The van der Waals surface area contributed by atoms with E-state index in [-0.39, 0.29) is 6.10 Å². The first-order valence-corrected chi connectivity index (χ1v) is 4.22. The Morgan fingerprint density at radius 1 is 1.42 bits per heavy atom.